The molecule has 0 fully saturated rings. The number of sulfonamides is 1. The van der Waals surface area contributed by atoms with Gasteiger partial charge in [0.1, 0.15) is 10.5 Å². The van der Waals surface area contributed by atoms with Crippen molar-refractivity contribution >= 4 is 27.6 Å². The molecule has 1 amide bonds. The predicted molar refractivity (Wildman–Crippen MR) is 113 cm³/mol. The summed E-state index contributed by atoms with van der Waals surface area (Å²) in [6, 6.07) is 5.78. The molecule has 1 aliphatic rings. The van der Waals surface area contributed by atoms with Crippen LogP contribution in [0, 0.1) is 13.8 Å². The van der Waals surface area contributed by atoms with Gasteiger partial charge in [0.05, 0.1) is 13.2 Å². The summed E-state index contributed by atoms with van der Waals surface area (Å²) < 4.78 is 33.0. The van der Waals surface area contributed by atoms with Gasteiger partial charge in [0.2, 0.25) is 15.9 Å². The number of benzene rings is 1. The van der Waals surface area contributed by atoms with E-state index in [1.54, 1.807) is 20.8 Å². The first-order valence-electron chi connectivity index (χ1n) is 10.0. The molecule has 3 rings (SSSR count). The van der Waals surface area contributed by atoms with Crippen LogP contribution in [0.15, 0.2) is 23.1 Å². The molecule has 9 heteroatoms. The van der Waals surface area contributed by atoms with Gasteiger partial charge in [-0.15, -0.1) is 0 Å². The van der Waals surface area contributed by atoms with Crippen LogP contribution in [-0.4, -0.2) is 38.4 Å². The summed E-state index contributed by atoms with van der Waals surface area (Å²) in [6.07, 6.45) is 4.06. The van der Waals surface area contributed by atoms with Crippen molar-refractivity contribution in [2.45, 2.75) is 51.3 Å². The number of carbonyl (C=O) groups is 2. The van der Waals surface area contributed by atoms with Crippen molar-refractivity contribution in [3.8, 4) is 0 Å². The molecule has 0 aliphatic heterocycles. The molecular formula is C21H27N3O5S. The highest BCUT2D eigenvalue weighted by Gasteiger charge is 2.30. The molecule has 0 atom stereocenters. The maximum Gasteiger partial charge on any atom is 0.341 e. The molecule has 2 aromatic rings. The zero-order valence-corrected chi connectivity index (χ0v) is 18.2. The van der Waals surface area contributed by atoms with Crippen LogP contribution >= 0.6 is 0 Å². The molecule has 1 aromatic heterocycles. The lowest BCUT2D eigenvalue weighted by atomic mass is 9.90. The van der Waals surface area contributed by atoms with Gasteiger partial charge in [-0.25, -0.2) is 17.9 Å². The van der Waals surface area contributed by atoms with Crippen LogP contribution in [0.1, 0.15) is 52.6 Å². The van der Waals surface area contributed by atoms with E-state index in [1.807, 2.05) is 12.1 Å². The van der Waals surface area contributed by atoms with E-state index < -0.39 is 28.4 Å². The number of esters is 1. The van der Waals surface area contributed by atoms with Crippen molar-refractivity contribution in [3.05, 3.63) is 46.3 Å². The third-order valence-corrected chi connectivity index (χ3v) is 6.73. The fourth-order valence-electron chi connectivity index (χ4n) is 3.87. The van der Waals surface area contributed by atoms with Crippen molar-refractivity contribution < 1.29 is 22.7 Å². The van der Waals surface area contributed by atoms with Gasteiger partial charge in [0, 0.05) is 17.1 Å². The minimum Gasteiger partial charge on any atom is -0.462 e. The number of nitrogens with one attached hydrogen (secondary N) is 3. The Morgan fingerprint density at radius 3 is 2.60 bits per heavy atom. The molecule has 0 spiro atoms. The van der Waals surface area contributed by atoms with Crippen LogP contribution in [0.2, 0.25) is 0 Å². The van der Waals surface area contributed by atoms with Crippen molar-refractivity contribution in [2.24, 2.45) is 0 Å². The Balaban J connectivity index is 1.75. The average molecular weight is 434 g/mol. The Morgan fingerprint density at radius 2 is 1.87 bits per heavy atom. The average Bonchev–Trinajstić information content (AvgIpc) is 3.02. The van der Waals surface area contributed by atoms with Gasteiger partial charge in [0.25, 0.3) is 0 Å². The smallest absolute Gasteiger partial charge is 0.341 e. The van der Waals surface area contributed by atoms with Crippen LogP contribution in [0.25, 0.3) is 0 Å². The number of hydrogen-bond donors (Lipinski definition) is 3. The van der Waals surface area contributed by atoms with E-state index >= 15 is 0 Å². The van der Waals surface area contributed by atoms with Crippen LogP contribution < -0.4 is 10.0 Å². The van der Waals surface area contributed by atoms with Gasteiger partial charge in [-0.1, -0.05) is 12.1 Å². The predicted octanol–water partition coefficient (Wildman–Crippen LogP) is 2.60. The number of fused-ring (bicyclic) bond motifs is 1. The summed E-state index contributed by atoms with van der Waals surface area (Å²) in [5.41, 5.74) is 3.71. The summed E-state index contributed by atoms with van der Waals surface area (Å²) in [5, 5.41) is 2.81. The SMILES string of the molecule is CCOC(=O)c1c(C)[nH]c(C)c1S(=O)(=O)NCC(=O)Nc1cccc2c1CCCC2. The number of rotatable bonds is 7. The highest BCUT2D eigenvalue weighted by molar-refractivity contribution is 7.89. The summed E-state index contributed by atoms with van der Waals surface area (Å²) in [6.45, 7) is 4.48. The zero-order valence-electron chi connectivity index (χ0n) is 17.4. The summed E-state index contributed by atoms with van der Waals surface area (Å²) in [4.78, 5) is 27.4. The summed E-state index contributed by atoms with van der Waals surface area (Å²) >= 11 is 0. The van der Waals surface area contributed by atoms with E-state index in [2.05, 4.69) is 21.1 Å². The second kappa shape index (κ2) is 9.01. The van der Waals surface area contributed by atoms with E-state index in [0.717, 1.165) is 36.9 Å². The second-order valence-electron chi connectivity index (χ2n) is 7.32. The normalized spacial score (nSPS) is 13.6. The number of carbonyl (C=O) groups excluding carboxylic acids is 2. The third-order valence-electron chi connectivity index (χ3n) is 5.16. The maximum atomic E-state index is 12.9. The molecule has 162 valence electrons. The first-order chi connectivity index (χ1) is 14.2. The van der Waals surface area contributed by atoms with E-state index in [9.17, 15) is 18.0 Å². The Labute approximate surface area is 176 Å². The highest BCUT2D eigenvalue weighted by atomic mass is 32.2. The lowest BCUT2D eigenvalue weighted by Crippen LogP contribution is -2.34. The molecule has 1 aliphatic carbocycles. The minimum absolute atomic E-state index is 0.0422. The molecule has 3 N–H and O–H groups in total. The van der Waals surface area contributed by atoms with Crippen molar-refractivity contribution in [3.63, 3.8) is 0 Å². The minimum atomic E-state index is -4.11. The molecule has 0 radical (unpaired) electrons. The molecule has 1 heterocycles. The Hall–Kier alpha value is -2.65. The Bertz CT molecular complexity index is 1070. The first-order valence-corrected chi connectivity index (χ1v) is 11.5. The van der Waals surface area contributed by atoms with Crippen LogP contribution in [0.3, 0.4) is 0 Å². The van der Waals surface area contributed by atoms with Gasteiger partial charge in [-0.2, -0.15) is 0 Å². The van der Waals surface area contributed by atoms with Gasteiger partial charge in [0.15, 0.2) is 0 Å². The lowest BCUT2D eigenvalue weighted by molar-refractivity contribution is -0.115. The quantitative estimate of drug-likeness (QED) is 0.580. The van der Waals surface area contributed by atoms with Crippen LogP contribution in [-0.2, 0) is 32.4 Å². The van der Waals surface area contributed by atoms with Crippen molar-refractivity contribution in [2.75, 3.05) is 18.5 Å². The van der Waals surface area contributed by atoms with Crippen LogP contribution in [0.4, 0.5) is 5.69 Å². The van der Waals surface area contributed by atoms with E-state index in [0.29, 0.717) is 11.4 Å². The topological polar surface area (TPSA) is 117 Å². The Morgan fingerprint density at radius 1 is 1.13 bits per heavy atom. The monoisotopic (exact) mass is 433 g/mol. The summed E-state index contributed by atoms with van der Waals surface area (Å²) in [5.74, 6) is -1.19. The molecular weight excluding hydrogens is 406 g/mol. The van der Waals surface area contributed by atoms with Gasteiger partial charge >= 0.3 is 5.97 Å². The third kappa shape index (κ3) is 4.57. The number of H-pyrrole nitrogens is 1. The zero-order chi connectivity index (χ0) is 21.9. The fraction of sp³-hybridized carbons (Fsp3) is 0.429. The Kier molecular flexibility index (Phi) is 6.62. The number of anilines is 1. The van der Waals surface area contributed by atoms with Crippen LogP contribution in [0.5, 0.6) is 0 Å². The van der Waals surface area contributed by atoms with E-state index in [1.165, 1.54) is 5.56 Å². The van der Waals surface area contributed by atoms with Gasteiger partial charge in [-0.3, -0.25) is 4.79 Å². The van der Waals surface area contributed by atoms with E-state index in [4.69, 9.17) is 4.74 Å². The van der Waals surface area contributed by atoms with Crippen molar-refractivity contribution in [1.29, 1.82) is 0 Å². The number of hydrogen-bond acceptors (Lipinski definition) is 5. The molecule has 1 aromatic carbocycles. The molecule has 0 saturated carbocycles. The van der Waals surface area contributed by atoms with Gasteiger partial charge in [-0.05, 0) is 63.6 Å². The molecule has 0 saturated heterocycles. The number of aryl methyl sites for hydroxylation is 3. The number of ether oxygens (including phenoxy) is 1. The molecule has 0 unspecified atom stereocenters. The first kappa shape index (κ1) is 22.0. The second-order valence-corrected chi connectivity index (χ2v) is 9.03. The molecule has 8 nitrogen and oxygen atoms in total. The fourth-order valence-corrected chi connectivity index (χ4v) is 5.29. The molecule has 0 bridgehead atoms. The lowest BCUT2D eigenvalue weighted by Gasteiger charge is -2.19. The largest absolute Gasteiger partial charge is 0.462 e. The maximum absolute atomic E-state index is 12.9. The molecule has 30 heavy (non-hydrogen) atoms. The van der Waals surface area contributed by atoms with Gasteiger partial charge < -0.3 is 15.0 Å². The van der Waals surface area contributed by atoms with Crippen molar-refractivity contribution in [1.82, 2.24) is 9.71 Å². The standard InChI is InChI=1S/C21H27N3O5S/c1-4-29-21(26)19-13(2)23-14(3)20(19)30(27,28)22-12-18(25)24-17-11-7-9-15-8-5-6-10-16(15)17/h7,9,11,22-23H,4-6,8,10,12H2,1-3H3,(H,24,25). The highest BCUT2D eigenvalue weighted by Crippen LogP contribution is 2.28. The summed E-state index contributed by atoms with van der Waals surface area (Å²) in [7, 11) is -4.11. The number of amides is 1. The number of aromatic nitrogens is 1. The van der Waals surface area contributed by atoms with E-state index in [-0.39, 0.29) is 17.1 Å². The number of aromatic amines is 1.